The largest absolute Gasteiger partial charge is 0.0654 e. The summed E-state index contributed by atoms with van der Waals surface area (Å²) in [7, 11) is 0. The highest BCUT2D eigenvalue weighted by molar-refractivity contribution is 14.1. The molecule has 1 aromatic carbocycles. The normalized spacial score (nSPS) is 12.7. The zero-order chi connectivity index (χ0) is 11.1. The van der Waals surface area contributed by atoms with Crippen LogP contribution in [0.4, 0.5) is 0 Å². The highest BCUT2D eigenvalue weighted by Gasteiger charge is 2.00. The maximum atomic E-state index is 2.37. The van der Waals surface area contributed by atoms with E-state index in [-0.39, 0.29) is 0 Å². The second kappa shape index (κ2) is 7.26. The fourth-order valence-corrected chi connectivity index (χ4v) is 2.30. The third-order valence-electron chi connectivity index (χ3n) is 2.86. The molecular weight excluding hydrogens is 295 g/mol. The van der Waals surface area contributed by atoms with Gasteiger partial charge in [0.25, 0.3) is 0 Å². The number of halogens is 1. The minimum absolute atomic E-state index is 0.902. The second-order valence-electron chi connectivity index (χ2n) is 4.41. The molecule has 0 aromatic heterocycles. The molecule has 0 spiro atoms. The van der Waals surface area contributed by atoms with Crippen LogP contribution in [0.3, 0.4) is 0 Å². The molecule has 0 bridgehead atoms. The van der Waals surface area contributed by atoms with E-state index in [9.17, 15) is 0 Å². The van der Waals surface area contributed by atoms with Crippen molar-refractivity contribution in [2.75, 3.05) is 0 Å². The van der Waals surface area contributed by atoms with Gasteiger partial charge in [-0.05, 0) is 59.0 Å². The van der Waals surface area contributed by atoms with E-state index in [4.69, 9.17) is 0 Å². The van der Waals surface area contributed by atoms with Crippen LogP contribution in [0.15, 0.2) is 24.3 Å². The molecule has 0 N–H and O–H groups in total. The van der Waals surface area contributed by atoms with Crippen molar-refractivity contribution in [1.29, 1.82) is 0 Å². The molecule has 0 aliphatic heterocycles. The molecule has 0 radical (unpaired) electrons. The van der Waals surface area contributed by atoms with Gasteiger partial charge in [-0.25, -0.2) is 0 Å². The molecule has 1 atom stereocenters. The van der Waals surface area contributed by atoms with Crippen LogP contribution >= 0.6 is 22.6 Å². The van der Waals surface area contributed by atoms with E-state index in [1.165, 1.54) is 41.2 Å². The molecule has 1 rings (SSSR count). The third-order valence-corrected chi connectivity index (χ3v) is 3.58. The Morgan fingerprint density at radius 3 is 2.40 bits per heavy atom. The fourth-order valence-electron chi connectivity index (χ4n) is 1.94. The van der Waals surface area contributed by atoms with Gasteiger partial charge in [0.1, 0.15) is 0 Å². The lowest BCUT2D eigenvalue weighted by molar-refractivity contribution is 0.469. The van der Waals surface area contributed by atoms with E-state index in [1.54, 1.807) is 0 Å². The molecule has 84 valence electrons. The lowest BCUT2D eigenvalue weighted by Gasteiger charge is -2.09. The van der Waals surface area contributed by atoms with E-state index in [2.05, 4.69) is 60.7 Å². The Kier molecular flexibility index (Phi) is 6.30. The van der Waals surface area contributed by atoms with Gasteiger partial charge in [0, 0.05) is 3.57 Å². The summed E-state index contributed by atoms with van der Waals surface area (Å²) in [6.07, 6.45) is 6.66. The summed E-state index contributed by atoms with van der Waals surface area (Å²) in [5.41, 5.74) is 1.49. The summed E-state index contributed by atoms with van der Waals surface area (Å²) < 4.78 is 1.33. The number of aryl methyl sites for hydroxylation is 1. The van der Waals surface area contributed by atoms with E-state index in [1.807, 2.05) is 0 Å². The highest BCUT2D eigenvalue weighted by Crippen LogP contribution is 2.15. The quantitative estimate of drug-likeness (QED) is 0.644. The summed E-state index contributed by atoms with van der Waals surface area (Å²) in [5.74, 6) is 0.902. The van der Waals surface area contributed by atoms with Crippen molar-refractivity contribution in [3.05, 3.63) is 33.4 Å². The zero-order valence-corrected chi connectivity index (χ0v) is 12.0. The Morgan fingerprint density at radius 2 is 1.80 bits per heavy atom. The first-order chi connectivity index (χ1) is 7.22. The molecule has 15 heavy (non-hydrogen) atoms. The molecule has 0 aliphatic carbocycles. The Balaban J connectivity index is 2.22. The number of rotatable bonds is 6. The van der Waals surface area contributed by atoms with Crippen molar-refractivity contribution < 1.29 is 0 Å². The maximum absolute atomic E-state index is 2.37. The predicted molar refractivity (Wildman–Crippen MR) is 76.2 cm³/mol. The average molecular weight is 316 g/mol. The smallest absolute Gasteiger partial charge is 0.0130 e. The Morgan fingerprint density at radius 1 is 1.13 bits per heavy atom. The second-order valence-corrected chi connectivity index (χ2v) is 5.66. The van der Waals surface area contributed by atoms with Crippen molar-refractivity contribution >= 4 is 22.6 Å². The zero-order valence-electron chi connectivity index (χ0n) is 9.80. The van der Waals surface area contributed by atoms with E-state index >= 15 is 0 Å². The van der Waals surface area contributed by atoms with Gasteiger partial charge in [0.2, 0.25) is 0 Å². The molecule has 1 unspecified atom stereocenters. The van der Waals surface area contributed by atoms with Crippen molar-refractivity contribution in [1.82, 2.24) is 0 Å². The van der Waals surface area contributed by atoms with E-state index in [0.717, 1.165) is 5.92 Å². The van der Waals surface area contributed by atoms with Crippen molar-refractivity contribution in [3.8, 4) is 0 Å². The minimum Gasteiger partial charge on any atom is -0.0654 e. The van der Waals surface area contributed by atoms with Gasteiger partial charge in [-0.15, -0.1) is 0 Å². The molecule has 0 heterocycles. The highest BCUT2D eigenvalue weighted by atomic mass is 127. The van der Waals surface area contributed by atoms with Gasteiger partial charge in [0.05, 0.1) is 0 Å². The van der Waals surface area contributed by atoms with Crippen molar-refractivity contribution in [2.45, 2.75) is 46.0 Å². The molecule has 0 saturated heterocycles. The first-order valence-electron chi connectivity index (χ1n) is 5.96. The van der Waals surface area contributed by atoms with Crippen LogP contribution in [0, 0.1) is 9.49 Å². The van der Waals surface area contributed by atoms with Crippen LogP contribution in [-0.2, 0) is 6.42 Å². The van der Waals surface area contributed by atoms with E-state index in [0.29, 0.717) is 0 Å². The lowest BCUT2D eigenvalue weighted by Crippen LogP contribution is -1.95. The monoisotopic (exact) mass is 316 g/mol. The van der Waals surface area contributed by atoms with E-state index < -0.39 is 0 Å². The van der Waals surface area contributed by atoms with Crippen LogP contribution < -0.4 is 0 Å². The van der Waals surface area contributed by atoms with Gasteiger partial charge in [-0.2, -0.15) is 0 Å². The van der Waals surface area contributed by atoms with Crippen LogP contribution in [-0.4, -0.2) is 0 Å². The summed E-state index contributed by atoms with van der Waals surface area (Å²) in [4.78, 5) is 0. The standard InChI is InChI=1S/C14H21I/c1-3-5-12(2)6-4-7-13-8-10-14(15)11-9-13/h8-12H,3-7H2,1-2H3. The van der Waals surface area contributed by atoms with Gasteiger partial charge >= 0.3 is 0 Å². The predicted octanol–water partition coefficient (Wildman–Crippen LogP) is 5.05. The molecule has 0 saturated carbocycles. The average Bonchev–Trinajstić information content (AvgIpc) is 2.21. The van der Waals surface area contributed by atoms with Crippen LogP contribution in [0.1, 0.15) is 45.1 Å². The topological polar surface area (TPSA) is 0 Å². The molecular formula is C14H21I. The first-order valence-corrected chi connectivity index (χ1v) is 7.04. The summed E-state index contributed by atoms with van der Waals surface area (Å²) in [6.45, 7) is 4.65. The minimum atomic E-state index is 0.902. The van der Waals surface area contributed by atoms with Gasteiger partial charge in [-0.3, -0.25) is 0 Å². The molecule has 0 aliphatic rings. The number of hydrogen-bond donors (Lipinski definition) is 0. The van der Waals surface area contributed by atoms with Crippen molar-refractivity contribution in [2.24, 2.45) is 5.92 Å². The summed E-state index contributed by atoms with van der Waals surface area (Å²) >= 11 is 2.36. The van der Waals surface area contributed by atoms with Crippen LogP contribution in [0.25, 0.3) is 0 Å². The van der Waals surface area contributed by atoms with Crippen molar-refractivity contribution in [3.63, 3.8) is 0 Å². The Bertz CT molecular complexity index is 263. The summed E-state index contributed by atoms with van der Waals surface area (Å²) in [6, 6.07) is 8.91. The SMILES string of the molecule is CCCC(C)CCCc1ccc(I)cc1. The maximum Gasteiger partial charge on any atom is 0.0130 e. The van der Waals surface area contributed by atoms with Crippen LogP contribution in [0.5, 0.6) is 0 Å². The molecule has 1 heteroatoms. The Hall–Kier alpha value is -0.0500. The summed E-state index contributed by atoms with van der Waals surface area (Å²) in [5, 5.41) is 0. The fraction of sp³-hybridized carbons (Fsp3) is 0.571. The van der Waals surface area contributed by atoms with Gasteiger partial charge < -0.3 is 0 Å². The van der Waals surface area contributed by atoms with Gasteiger partial charge in [0.15, 0.2) is 0 Å². The first kappa shape index (κ1) is 13.0. The van der Waals surface area contributed by atoms with Gasteiger partial charge in [-0.1, -0.05) is 45.2 Å². The number of benzene rings is 1. The lowest BCUT2D eigenvalue weighted by atomic mass is 9.97. The molecule has 0 nitrogen and oxygen atoms in total. The third kappa shape index (κ3) is 5.55. The number of hydrogen-bond acceptors (Lipinski definition) is 0. The molecule has 1 aromatic rings. The Labute approximate surface area is 108 Å². The molecule has 0 amide bonds. The molecule has 0 fully saturated rings. The van der Waals surface area contributed by atoms with Crippen LogP contribution in [0.2, 0.25) is 0 Å².